The first-order chi connectivity index (χ1) is 12.9. The highest BCUT2D eigenvalue weighted by Gasteiger charge is 2.19. The molecule has 0 radical (unpaired) electrons. The minimum absolute atomic E-state index is 0.00548. The zero-order chi connectivity index (χ0) is 20.0. The molecule has 2 rings (SSSR count). The van der Waals surface area contributed by atoms with Crippen molar-refractivity contribution in [1.82, 2.24) is 5.32 Å². The summed E-state index contributed by atoms with van der Waals surface area (Å²) < 4.78 is 24.5. The molecule has 0 bridgehead atoms. The summed E-state index contributed by atoms with van der Waals surface area (Å²) in [7, 11) is 0. The molecule has 8 heteroatoms. The molecule has 0 aliphatic heterocycles. The van der Waals surface area contributed by atoms with E-state index in [4.69, 9.17) is 9.47 Å². The van der Waals surface area contributed by atoms with E-state index in [1.807, 2.05) is 13.8 Å². The first-order valence-electron chi connectivity index (χ1n) is 8.51. The molecule has 27 heavy (non-hydrogen) atoms. The second-order valence-electron chi connectivity index (χ2n) is 5.69. The maximum Gasteiger partial charge on any atom is 0.305 e. The highest BCUT2D eigenvalue weighted by atomic mass is 19.1. The molecule has 0 heterocycles. The van der Waals surface area contributed by atoms with Crippen LogP contribution in [0.1, 0.15) is 42.7 Å². The predicted molar refractivity (Wildman–Crippen MR) is 97.7 cm³/mol. The Bertz CT molecular complexity index is 841. The van der Waals surface area contributed by atoms with Crippen molar-refractivity contribution in [1.29, 1.82) is 0 Å². The van der Waals surface area contributed by atoms with Crippen LogP contribution < -0.4 is 14.8 Å². The lowest BCUT2D eigenvalue weighted by molar-refractivity contribution is -0.387. The van der Waals surface area contributed by atoms with Crippen LogP contribution in [0.4, 0.5) is 10.1 Å². The molecule has 0 spiro atoms. The van der Waals surface area contributed by atoms with Gasteiger partial charge in [0, 0.05) is 11.6 Å². The van der Waals surface area contributed by atoms with Crippen LogP contribution in [-0.2, 0) is 0 Å². The van der Waals surface area contributed by atoms with Gasteiger partial charge < -0.3 is 14.8 Å². The number of nitro groups is 1. The SMILES string of the molecule is CCOc1ccc([C@H](C)NC(=O)c2ccc(F)c([N+](=O)[O-])c2)cc1OCC. The molecule has 0 fully saturated rings. The maximum absolute atomic E-state index is 13.4. The van der Waals surface area contributed by atoms with Gasteiger partial charge in [-0.3, -0.25) is 14.9 Å². The monoisotopic (exact) mass is 376 g/mol. The third-order valence-electron chi connectivity index (χ3n) is 3.82. The molecule has 0 aliphatic carbocycles. The number of halogens is 1. The van der Waals surface area contributed by atoms with Crippen LogP contribution in [0.25, 0.3) is 0 Å². The first-order valence-corrected chi connectivity index (χ1v) is 8.51. The van der Waals surface area contributed by atoms with Gasteiger partial charge in [0.1, 0.15) is 0 Å². The number of carbonyl (C=O) groups is 1. The second-order valence-corrected chi connectivity index (χ2v) is 5.69. The van der Waals surface area contributed by atoms with E-state index in [9.17, 15) is 19.3 Å². The van der Waals surface area contributed by atoms with Crippen LogP contribution in [0, 0.1) is 15.9 Å². The van der Waals surface area contributed by atoms with Crippen LogP contribution in [0.2, 0.25) is 0 Å². The van der Waals surface area contributed by atoms with Crippen molar-refractivity contribution >= 4 is 11.6 Å². The van der Waals surface area contributed by atoms with E-state index in [0.717, 1.165) is 17.7 Å². The largest absolute Gasteiger partial charge is 0.490 e. The zero-order valence-corrected chi connectivity index (χ0v) is 15.3. The molecule has 2 aromatic rings. The third kappa shape index (κ3) is 4.93. The summed E-state index contributed by atoms with van der Waals surface area (Å²) in [4.78, 5) is 22.4. The van der Waals surface area contributed by atoms with Crippen molar-refractivity contribution in [3.63, 3.8) is 0 Å². The third-order valence-corrected chi connectivity index (χ3v) is 3.82. The normalized spacial score (nSPS) is 11.6. The Morgan fingerprint density at radius 1 is 1.15 bits per heavy atom. The van der Waals surface area contributed by atoms with Crippen molar-refractivity contribution in [3.8, 4) is 11.5 Å². The summed E-state index contributed by atoms with van der Waals surface area (Å²) in [5.74, 6) is -0.360. The number of carbonyl (C=O) groups excluding carboxylic acids is 1. The van der Waals surface area contributed by atoms with Crippen molar-refractivity contribution in [2.45, 2.75) is 26.8 Å². The Kier molecular flexibility index (Phi) is 6.70. The van der Waals surface area contributed by atoms with Gasteiger partial charge in [-0.05, 0) is 50.6 Å². The van der Waals surface area contributed by atoms with Gasteiger partial charge in [0.05, 0.1) is 24.2 Å². The lowest BCUT2D eigenvalue weighted by Gasteiger charge is -2.17. The van der Waals surface area contributed by atoms with Gasteiger partial charge in [-0.2, -0.15) is 4.39 Å². The summed E-state index contributed by atoms with van der Waals surface area (Å²) in [5, 5.41) is 13.6. The van der Waals surface area contributed by atoms with Gasteiger partial charge in [0.15, 0.2) is 11.5 Å². The first kappa shape index (κ1) is 20.2. The average molecular weight is 376 g/mol. The summed E-state index contributed by atoms with van der Waals surface area (Å²) in [6.07, 6.45) is 0. The fraction of sp³-hybridized carbons (Fsp3) is 0.316. The van der Waals surface area contributed by atoms with Crippen molar-refractivity contribution in [2.24, 2.45) is 0 Å². The molecule has 7 nitrogen and oxygen atoms in total. The zero-order valence-electron chi connectivity index (χ0n) is 15.3. The number of hydrogen-bond donors (Lipinski definition) is 1. The number of amides is 1. The average Bonchev–Trinajstić information content (AvgIpc) is 2.63. The summed E-state index contributed by atoms with van der Waals surface area (Å²) in [6, 6.07) is 7.95. The Balaban J connectivity index is 2.20. The molecule has 0 saturated carbocycles. The summed E-state index contributed by atoms with van der Waals surface area (Å²) in [5.41, 5.74) is 0.0350. The molecule has 0 aliphatic rings. The van der Waals surface area contributed by atoms with E-state index < -0.39 is 28.4 Å². The second kappa shape index (κ2) is 8.98. The highest BCUT2D eigenvalue weighted by molar-refractivity contribution is 5.95. The molecule has 2 aromatic carbocycles. The smallest absolute Gasteiger partial charge is 0.305 e. The van der Waals surface area contributed by atoms with E-state index in [-0.39, 0.29) is 5.56 Å². The Morgan fingerprint density at radius 3 is 2.44 bits per heavy atom. The number of hydrogen-bond acceptors (Lipinski definition) is 5. The molecular weight excluding hydrogens is 355 g/mol. The summed E-state index contributed by atoms with van der Waals surface area (Å²) >= 11 is 0. The van der Waals surface area contributed by atoms with Gasteiger partial charge in [0.25, 0.3) is 5.91 Å². The van der Waals surface area contributed by atoms with Gasteiger partial charge in [-0.1, -0.05) is 6.07 Å². The number of ether oxygens (including phenoxy) is 2. The Morgan fingerprint density at radius 2 is 1.81 bits per heavy atom. The molecule has 1 amide bonds. The van der Waals surface area contributed by atoms with E-state index in [2.05, 4.69) is 5.32 Å². The standard InChI is InChI=1S/C19H21FN2O5/c1-4-26-17-9-7-13(11-18(17)27-5-2)12(3)21-19(23)14-6-8-15(20)16(10-14)22(24)25/h6-12H,4-5H2,1-3H3,(H,21,23)/t12-/m0/s1. The van der Waals surface area contributed by atoms with Gasteiger partial charge in [-0.25, -0.2) is 0 Å². The minimum atomic E-state index is -0.988. The number of nitro benzene ring substituents is 1. The van der Waals surface area contributed by atoms with Crippen LogP contribution in [0.15, 0.2) is 36.4 Å². The fourth-order valence-corrected chi connectivity index (χ4v) is 2.49. The highest BCUT2D eigenvalue weighted by Crippen LogP contribution is 2.31. The van der Waals surface area contributed by atoms with Crippen molar-refractivity contribution < 1.29 is 23.6 Å². The molecule has 0 saturated heterocycles. The van der Waals surface area contributed by atoms with Crippen LogP contribution >= 0.6 is 0 Å². The number of rotatable bonds is 8. The van der Waals surface area contributed by atoms with E-state index >= 15 is 0 Å². The lowest BCUT2D eigenvalue weighted by Crippen LogP contribution is -2.26. The number of nitrogens with one attached hydrogen (secondary N) is 1. The topological polar surface area (TPSA) is 90.7 Å². The molecule has 1 N–H and O–H groups in total. The summed E-state index contributed by atoms with van der Waals surface area (Å²) in [6.45, 7) is 6.45. The molecule has 0 aromatic heterocycles. The van der Waals surface area contributed by atoms with Gasteiger partial charge >= 0.3 is 5.69 Å². The molecule has 144 valence electrons. The van der Waals surface area contributed by atoms with E-state index in [0.29, 0.717) is 24.7 Å². The predicted octanol–water partition coefficient (Wildman–Crippen LogP) is 4.02. The van der Waals surface area contributed by atoms with Crippen LogP contribution in [0.3, 0.4) is 0 Å². The van der Waals surface area contributed by atoms with Gasteiger partial charge in [-0.15, -0.1) is 0 Å². The maximum atomic E-state index is 13.4. The quantitative estimate of drug-likeness (QED) is 0.555. The van der Waals surface area contributed by atoms with Crippen molar-refractivity contribution in [3.05, 3.63) is 63.5 Å². The van der Waals surface area contributed by atoms with E-state index in [1.54, 1.807) is 25.1 Å². The fourth-order valence-electron chi connectivity index (χ4n) is 2.49. The Labute approximate surface area is 156 Å². The number of benzene rings is 2. The Hall–Kier alpha value is -3.16. The molecule has 1 atom stereocenters. The minimum Gasteiger partial charge on any atom is -0.490 e. The molecular formula is C19H21FN2O5. The number of nitrogens with zero attached hydrogens (tertiary/aromatic N) is 1. The lowest BCUT2D eigenvalue weighted by atomic mass is 10.1. The molecule has 0 unspecified atom stereocenters. The van der Waals surface area contributed by atoms with Gasteiger partial charge in [0.2, 0.25) is 5.82 Å². The van der Waals surface area contributed by atoms with Crippen molar-refractivity contribution in [2.75, 3.05) is 13.2 Å². The van der Waals surface area contributed by atoms with E-state index in [1.165, 1.54) is 6.07 Å². The van der Waals surface area contributed by atoms with Crippen LogP contribution in [-0.4, -0.2) is 24.0 Å². The van der Waals surface area contributed by atoms with Crippen LogP contribution in [0.5, 0.6) is 11.5 Å².